The average molecular weight is 265 g/mol. The predicted octanol–water partition coefficient (Wildman–Crippen LogP) is 1.45. The Morgan fingerprint density at radius 3 is 3.00 bits per heavy atom. The summed E-state index contributed by atoms with van der Waals surface area (Å²) in [5, 5.41) is 13.7. The number of aryl methyl sites for hydroxylation is 1. The van der Waals surface area contributed by atoms with Gasteiger partial charge in [0.05, 0.1) is 12.2 Å². The normalized spacial score (nSPS) is 10.3. The lowest BCUT2D eigenvalue weighted by molar-refractivity contribution is 0.0697. The van der Waals surface area contributed by atoms with Crippen molar-refractivity contribution in [3.63, 3.8) is 0 Å². The van der Waals surface area contributed by atoms with E-state index in [0.717, 1.165) is 22.7 Å². The van der Waals surface area contributed by atoms with Crippen molar-refractivity contribution in [2.45, 2.75) is 13.5 Å². The second-order valence-corrected chi connectivity index (χ2v) is 4.55. The van der Waals surface area contributed by atoms with E-state index in [2.05, 4.69) is 15.3 Å². The molecule has 0 amide bonds. The Morgan fingerprint density at radius 2 is 2.39 bits per heavy atom. The van der Waals surface area contributed by atoms with Gasteiger partial charge in [-0.1, -0.05) is 11.3 Å². The number of aromatic carboxylic acids is 1. The van der Waals surface area contributed by atoms with Crippen LogP contribution in [0.5, 0.6) is 0 Å². The third-order valence-corrected chi connectivity index (χ3v) is 3.03. The number of hydrogen-bond donors (Lipinski definition) is 3. The molecule has 2 aromatic heterocycles. The Hall–Kier alpha value is -2.15. The topological polar surface area (TPSA) is 95.1 Å². The van der Waals surface area contributed by atoms with Crippen LogP contribution in [0.25, 0.3) is 0 Å². The molecule has 0 bridgehead atoms. The Morgan fingerprint density at radius 1 is 1.61 bits per heavy atom. The second kappa shape index (κ2) is 5.01. The van der Waals surface area contributed by atoms with Gasteiger partial charge in [0, 0.05) is 23.0 Å². The van der Waals surface area contributed by atoms with E-state index in [1.165, 1.54) is 6.20 Å². The summed E-state index contributed by atoms with van der Waals surface area (Å²) in [4.78, 5) is 28.4. The molecule has 0 saturated carbocycles. The van der Waals surface area contributed by atoms with Gasteiger partial charge in [0.2, 0.25) is 0 Å². The molecule has 2 rings (SSSR count). The number of hydrogen-bond acceptors (Lipinski definition) is 5. The van der Waals surface area contributed by atoms with Crippen LogP contribution in [0.2, 0.25) is 0 Å². The third-order valence-electron chi connectivity index (χ3n) is 2.31. The summed E-state index contributed by atoms with van der Waals surface area (Å²) in [6.45, 7) is 2.14. The number of aromatic nitrogens is 2. The molecule has 0 fully saturated rings. The second-order valence-electron chi connectivity index (χ2n) is 3.70. The first-order chi connectivity index (χ1) is 8.56. The van der Waals surface area contributed by atoms with Crippen molar-refractivity contribution < 1.29 is 9.90 Å². The molecular formula is C11H11N3O3S. The average Bonchev–Trinajstić information content (AvgIpc) is 2.72. The first kappa shape index (κ1) is 12.3. The summed E-state index contributed by atoms with van der Waals surface area (Å²) >= 11 is 1.07. The van der Waals surface area contributed by atoms with Gasteiger partial charge in [-0.15, -0.1) is 0 Å². The van der Waals surface area contributed by atoms with Crippen LogP contribution in [0.4, 0.5) is 5.69 Å². The Kier molecular flexibility index (Phi) is 3.42. The standard InChI is InChI=1S/C11H11N3O3S/c1-6-2-9(8(4-12-6)10(15)16)13-3-7-5-18-11(17)14-7/h2,4-5H,3H2,1H3,(H,12,13)(H,14,17)(H,15,16). The lowest BCUT2D eigenvalue weighted by atomic mass is 10.2. The number of carboxylic acid groups (broad SMARTS) is 1. The number of pyridine rings is 1. The highest BCUT2D eigenvalue weighted by Gasteiger charge is 2.10. The highest BCUT2D eigenvalue weighted by molar-refractivity contribution is 7.07. The van der Waals surface area contributed by atoms with Gasteiger partial charge in [-0.25, -0.2) is 4.79 Å². The van der Waals surface area contributed by atoms with Crippen molar-refractivity contribution in [2.24, 2.45) is 0 Å². The van der Waals surface area contributed by atoms with Crippen LogP contribution in [0.1, 0.15) is 21.7 Å². The summed E-state index contributed by atoms with van der Waals surface area (Å²) in [6, 6.07) is 1.66. The van der Waals surface area contributed by atoms with Crippen LogP contribution in [0.3, 0.4) is 0 Å². The van der Waals surface area contributed by atoms with E-state index in [1.807, 2.05) is 0 Å². The van der Waals surface area contributed by atoms with Gasteiger partial charge < -0.3 is 15.4 Å². The molecule has 0 atom stereocenters. The van der Waals surface area contributed by atoms with Gasteiger partial charge in [-0.3, -0.25) is 9.78 Å². The molecule has 0 spiro atoms. The number of carboxylic acids is 1. The molecule has 0 aromatic carbocycles. The van der Waals surface area contributed by atoms with Crippen molar-refractivity contribution in [3.05, 3.63) is 44.3 Å². The Bertz CT molecular complexity index is 632. The lowest BCUT2D eigenvalue weighted by Gasteiger charge is -2.08. The molecule has 2 heterocycles. The molecule has 7 heteroatoms. The van der Waals surface area contributed by atoms with E-state index in [0.29, 0.717) is 12.2 Å². The summed E-state index contributed by atoms with van der Waals surface area (Å²) in [5.74, 6) is -1.04. The minimum absolute atomic E-state index is 0.109. The Balaban J connectivity index is 2.20. The lowest BCUT2D eigenvalue weighted by Crippen LogP contribution is -2.08. The molecule has 0 saturated heterocycles. The number of nitrogens with zero attached hydrogens (tertiary/aromatic N) is 1. The van der Waals surface area contributed by atoms with E-state index in [4.69, 9.17) is 5.11 Å². The number of anilines is 1. The van der Waals surface area contributed by atoms with E-state index in [9.17, 15) is 9.59 Å². The zero-order chi connectivity index (χ0) is 13.1. The largest absolute Gasteiger partial charge is 0.478 e. The number of aromatic amines is 1. The fraction of sp³-hybridized carbons (Fsp3) is 0.182. The summed E-state index contributed by atoms with van der Waals surface area (Å²) in [5.41, 5.74) is 2.04. The zero-order valence-electron chi connectivity index (χ0n) is 9.56. The molecule has 0 aliphatic carbocycles. The van der Waals surface area contributed by atoms with Crippen molar-refractivity contribution in [2.75, 3.05) is 5.32 Å². The smallest absolute Gasteiger partial charge is 0.339 e. The van der Waals surface area contributed by atoms with Crippen LogP contribution < -0.4 is 10.2 Å². The molecule has 3 N–H and O–H groups in total. The van der Waals surface area contributed by atoms with Crippen molar-refractivity contribution >= 4 is 23.0 Å². The molecule has 18 heavy (non-hydrogen) atoms. The number of thiazole rings is 1. The molecule has 6 nitrogen and oxygen atoms in total. The number of rotatable bonds is 4. The van der Waals surface area contributed by atoms with Crippen LogP contribution in [0, 0.1) is 6.92 Å². The first-order valence-corrected chi connectivity index (χ1v) is 6.04. The van der Waals surface area contributed by atoms with Crippen molar-refractivity contribution in [1.29, 1.82) is 0 Å². The fourth-order valence-corrected chi connectivity index (χ4v) is 2.05. The van der Waals surface area contributed by atoms with Gasteiger partial charge in [0.15, 0.2) is 0 Å². The monoisotopic (exact) mass is 265 g/mol. The van der Waals surface area contributed by atoms with E-state index in [1.54, 1.807) is 18.4 Å². The molecular weight excluding hydrogens is 254 g/mol. The van der Waals surface area contributed by atoms with Crippen molar-refractivity contribution in [1.82, 2.24) is 9.97 Å². The zero-order valence-corrected chi connectivity index (χ0v) is 10.4. The van der Waals surface area contributed by atoms with Gasteiger partial charge >= 0.3 is 10.8 Å². The molecule has 0 aliphatic rings. The van der Waals surface area contributed by atoms with E-state index < -0.39 is 5.97 Å². The maximum atomic E-state index is 11.0. The van der Waals surface area contributed by atoms with E-state index >= 15 is 0 Å². The maximum absolute atomic E-state index is 11.0. The first-order valence-electron chi connectivity index (χ1n) is 5.17. The molecule has 0 unspecified atom stereocenters. The number of carbonyl (C=O) groups is 1. The molecule has 0 aliphatic heterocycles. The molecule has 94 valence electrons. The number of H-pyrrole nitrogens is 1. The minimum Gasteiger partial charge on any atom is -0.478 e. The summed E-state index contributed by atoms with van der Waals surface area (Å²) in [7, 11) is 0. The number of nitrogens with one attached hydrogen (secondary N) is 2. The highest BCUT2D eigenvalue weighted by atomic mass is 32.1. The quantitative estimate of drug-likeness (QED) is 0.777. The summed E-state index contributed by atoms with van der Waals surface area (Å²) < 4.78 is 0. The minimum atomic E-state index is -1.04. The fourth-order valence-electron chi connectivity index (χ4n) is 1.47. The maximum Gasteiger partial charge on any atom is 0.339 e. The van der Waals surface area contributed by atoms with E-state index in [-0.39, 0.29) is 10.4 Å². The van der Waals surface area contributed by atoms with Crippen LogP contribution in [-0.4, -0.2) is 21.0 Å². The SMILES string of the molecule is Cc1cc(NCc2csc(=O)[nH]2)c(C(=O)O)cn1. The predicted molar refractivity (Wildman–Crippen MR) is 68.2 cm³/mol. The molecule has 2 aromatic rings. The van der Waals surface area contributed by atoms with Crippen LogP contribution >= 0.6 is 11.3 Å². The van der Waals surface area contributed by atoms with Crippen molar-refractivity contribution in [3.8, 4) is 0 Å². The van der Waals surface area contributed by atoms with Gasteiger partial charge in [-0.05, 0) is 13.0 Å². The third kappa shape index (κ3) is 2.75. The summed E-state index contributed by atoms with van der Waals surface area (Å²) in [6.07, 6.45) is 1.32. The highest BCUT2D eigenvalue weighted by Crippen LogP contribution is 2.16. The van der Waals surface area contributed by atoms with Crippen LogP contribution in [0.15, 0.2) is 22.4 Å². The Labute approximate surface area is 106 Å². The van der Waals surface area contributed by atoms with Gasteiger partial charge in [0.25, 0.3) is 0 Å². The van der Waals surface area contributed by atoms with Gasteiger partial charge in [-0.2, -0.15) is 0 Å². The molecule has 0 radical (unpaired) electrons. The van der Waals surface area contributed by atoms with Crippen LogP contribution in [-0.2, 0) is 6.54 Å². The van der Waals surface area contributed by atoms with Gasteiger partial charge in [0.1, 0.15) is 5.56 Å².